The molecule has 42 heavy (non-hydrogen) atoms. The standard InChI is InChI=1S/C40H32N2/c1-29(41-39-35(31-17-7-3-8-18-31)25-15-26-36(39)32-19-9-4-10-20-32)30(2)42-40-37(33-21-11-5-12-22-33)27-16-28-38(40)34-23-13-6-14-24-34/h3-28H,1-2H3. The molecule has 6 aromatic rings. The van der Waals surface area contributed by atoms with Crippen molar-refractivity contribution < 1.29 is 0 Å². The first kappa shape index (κ1) is 26.9. The Hall–Kier alpha value is -5.34. The molecule has 0 heterocycles. The third-order valence-corrected chi connectivity index (χ3v) is 7.49. The Morgan fingerprint density at radius 2 is 0.548 bits per heavy atom. The van der Waals surface area contributed by atoms with Gasteiger partial charge >= 0.3 is 0 Å². The molecule has 0 atom stereocenters. The molecule has 2 nitrogen and oxygen atoms in total. The Bertz CT molecular complexity index is 1600. The summed E-state index contributed by atoms with van der Waals surface area (Å²) in [7, 11) is 0. The fourth-order valence-corrected chi connectivity index (χ4v) is 5.23. The summed E-state index contributed by atoms with van der Waals surface area (Å²) in [6.07, 6.45) is 0. The second kappa shape index (κ2) is 12.4. The lowest BCUT2D eigenvalue weighted by atomic mass is 9.95. The Kier molecular flexibility index (Phi) is 7.96. The van der Waals surface area contributed by atoms with Crippen LogP contribution in [-0.2, 0) is 0 Å². The molecule has 0 aliphatic rings. The molecule has 0 aliphatic heterocycles. The quantitative estimate of drug-likeness (QED) is 0.180. The van der Waals surface area contributed by atoms with E-state index < -0.39 is 0 Å². The molecule has 0 bridgehead atoms. The molecule has 6 aromatic carbocycles. The molecule has 0 unspecified atom stereocenters. The highest BCUT2D eigenvalue weighted by Gasteiger charge is 2.15. The molecule has 2 heteroatoms. The normalized spacial score (nSPS) is 11.9. The van der Waals surface area contributed by atoms with E-state index in [2.05, 4.69) is 147 Å². The van der Waals surface area contributed by atoms with Crippen molar-refractivity contribution in [2.24, 2.45) is 9.98 Å². The van der Waals surface area contributed by atoms with Gasteiger partial charge in [-0.15, -0.1) is 0 Å². The molecule has 202 valence electrons. The summed E-state index contributed by atoms with van der Waals surface area (Å²) in [5, 5.41) is 0. The van der Waals surface area contributed by atoms with E-state index in [1.807, 2.05) is 24.3 Å². The highest BCUT2D eigenvalue weighted by Crippen LogP contribution is 2.41. The minimum absolute atomic E-state index is 0.873. The molecule has 0 saturated carbocycles. The van der Waals surface area contributed by atoms with E-state index in [-0.39, 0.29) is 0 Å². The van der Waals surface area contributed by atoms with Crippen molar-refractivity contribution in [1.29, 1.82) is 0 Å². The van der Waals surface area contributed by atoms with Gasteiger partial charge in [0.25, 0.3) is 0 Å². The predicted molar refractivity (Wildman–Crippen MR) is 180 cm³/mol. The predicted octanol–water partition coefficient (Wildman–Crippen LogP) is 11.2. The molecule has 0 aliphatic carbocycles. The van der Waals surface area contributed by atoms with E-state index in [0.29, 0.717) is 0 Å². The zero-order valence-corrected chi connectivity index (χ0v) is 23.9. The van der Waals surface area contributed by atoms with Gasteiger partial charge in [0, 0.05) is 22.3 Å². The van der Waals surface area contributed by atoms with Crippen LogP contribution in [0.1, 0.15) is 13.8 Å². The van der Waals surface area contributed by atoms with Crippen LogP contribution in [0.4, 0.5) is 11.4 Å². The first-order chi connectivity index (χ1) is 20.7. The summed E-state index contributed by atoms with van der Waals surface area (Å²) in [5.41, 5.74) is 12.6. The van der Waals surface area contributed by atoms with E-state index in [9.17, 15) is 0 Å². The van der Waals surface area contributed by atoms with Crippen molar-refractivity contribution in [1.82, 2.24) is 0 Å². The van der Waals surface area contributed by atoms with Crippen LogP contribution in [0.2, 0.25) is 0 Å². The highest BCUT2D eigenvalue weighted by atomic mass is 14.8. The Labute approximate surface area is 248 Å². The zero-order chi connectivity index (χ0) is 28.7. The molecule has 0 N–H and O–H groups in total. The number of benzene rings is 6. The van der Waals surface area contributed by atoms with E-state index in [1.54, 1.807) is 0 Å². The van der Waals surface area contributed by atoms with Crippen molar-refractivity contribution in [2.75, 3.05) is 0 Å². The van der Waals surface area contributed by atoms with Gasteiger partial charge in [0.2, 0.25) is 0 Å². The van der Waals surface area contributed by atoms with E-state index >= 15 is 0 Å². The maximum Gasteiger partial charge on any atom is 0.0790 e. The van der Waals surface area contributed by atoms with Crippen molar-refractivity contribution in [3.05, 3.63) is 158 Å². The number of hydrogen-bond donors (Lipinski definition) is 0. The number of para-hydroxylation sites is 2. The van der Waals surface area contributed by atoms with Gasteiger partial charge in [-0.25, -0.2) is 0 Å². The van der Waals surface area contributed by atoms with Gasteiger partial charge < -0.3 is 0 Å². The van der Waals surface area contributed by atoms with Crippen LogP contribution in [0.3, 0.4) is 0 Å². The molecule has 6 rings (SSSR count). The summed E-state index contributed by atoms with van der Waals surface area (Å²) >= 11 is 0. The van der Waals surface area contributed by atoms with Crippen LogP contribution in [-0.4, -0.2) is 11.4 Å². The van der Waals surface area contributed by atoms with Crippen LogP contribution >= 0.6 is 0 Å². The number of rotatable bonds is 7. The van der Waals surface area contributed by atoms with Gasteiger partial charge in [0.1, 0.15) is 0 Å². The van der Waals surface area contributed by atoms with Gasteiger partial charge in [-0.2, -0.15) is 0 Å². The monoisotopic (exact) mass is 540 g/mol. The van der Waals surface area contributed by atoms with Crippen molar-refractivity contribution in [3.8, 4) is 44.5 Å². The lowest BCUT2D eigenvalue weighted by molar-refractivity contribution is 1.45. The van der Waals surface area contributed by atoms with E-state index in [4.69, 9.17) is 9.98 Å². The number of hydrogen-bond acceptors (Lipinski definition) is 2. The van der Waals surface area contributed by atoms with Gasteiger partial charge in [0.05, 0.1) is 22.8 Å². The Morgan fingerprint density at radius 3 is 0.786 bits per heavy atom. The van der Waals surface area contributed by atoms with Crippen LogP contribution in [0.15, 0.2) is 168 Å². The molecule has 0 saturated heterocycles. The summed E-state index contributed by atoms with van der Waals surface area (Å²) in [5.74, 6) is 0. The minimum Gasteiger partial charge on any atom is -0.251 e. The van der Waals surface area contributed by atoms with Crippen molar-refractivity contribution in [2.45, 2.75) is 13.8 Å². The van der Waals surface area contributed by atoms with Crippen LogP contribution in [0.25, 0.3) is 44.5 Å². The maximum atomic E-state index is 5.30. The fourth-order valence-electron chi connectivity index (χ4n) is 5.23. The summed E-state index contributed by atoms with van der Waals surface area (Å²) in [4.78, 5) is 10.6. The van der Waals surface area contributed by atoms with Crippen molar-refractivity contribution in [3.63, 3.8) is 0 Å². The average Bonchev–Trinajstić information content (AvgIpc) is 3.06. The van der Waals surface area contributed by atoms with Crippen LogP contribution in [0.5, 0.6) is 0 Å². The summed E-state index contributed by atoms with van der Waals surface area (Å²) < 4.78 is 0. The second-order valence-electron chi connectivity index (χ2n) is 10.3. The minimum atomic E-state index is 0.873. The molecule has 0 spiro atoms. The molecular weight excluding hydrogens is 508 g/mol. The van der Waals surface area contributed by atoms with Gasteiger partial charge in [0.15, 0.2) is 0 Å². The molecule has 0 aromatic heterocycles. The highest BCUT2D eigenvalue weighted by molar-refractivity contribution is 6.42. The van der Waals surface area contributed by atoms with Gasteiger partial charge in [-0.1, -0.05) is 158 Å². The molecule has 0 radical (unpaired) electrons. The van der Waals surface area contributed by atoms with E-state index in [1.165, 1.54) is 0 Å². The first-order valence-corrected chi connectivity index (χ1v) is 14.3. The SMILES string of the molecule is CC(=Nc1c(-c2ccccc2)cccc1-c1ccccc1)C(C)=Nc1c(-c2ccccc2)cccc1-c1ccccc1. The Morgan fingerprint density at radius 1 is 0.310 bits per heavy atom. The second-order valence-corrected chi connectivity index (χ2v) is 10.3. The summed E-state index contributed by atoms with van der Waals surface area (Å²) in [6.45, 7) is 4.12. The first-order valence-electron chi connectivity index (χ1n) is 14.3. The average molecular weight is 541 g/mol. The maximum absolute atomic E-state index is 5.30. The Balaban J connectivity index is 1.53. The van der Waals surface area contributed by atoms with Gasteiger partial charge in [-0.3, -0.25) is 9.98 Å². The van der Waals surface area contributed by atoms with Crippen LogP contribution < -0.4 is 0 Å². The van der Waals surface area contributed by atoms with Crippen LogP contribution in [0, 0.1) is 0 Å². The van der Waals surface area contributed by atoms with E-state index in [0.717, 1.165) is 67.3 Å². The molecule has 0 fully saturated rings. The largest absolute Gasteiger partial charge is 0.251 e. The fraction of sp³-hybridized carbons (Fsp3) is 0.0500. The van der Waals surface area contributed by atoms with Crippen molar-refractivity contribution >= 4 is 22.8 Å². The third-order valence-electron chi connectivity index (χ3n) is 7.49. The number of nitrogens with zero attached hydrogens (tertiary/aromatic N) is 2. The lowest BCUT2D eigenvalue weighted by Crippen LogP contribution is -2.05. The zero-order valence-electron chi connectivity index (χ0n) is 23.9. The van der Waals surface area contributed by atoms with Gasteiger partial charge in [-0.05, 0) is 36.1 Å². The number of aliphatic imine (C=N–C) groups is 2. The third kappa shape index (κ3) is 5.75. The topological polar surface area (TPSA) is 24.7 Å². The molecule has 0 amide bonds. The molecular formula is C40H32N2. The smallest absolute Gasteiger partial charge is 0.0790 e. The summed E-state index contributed by atoms with van der Waals surface area (Å²) in [6, 6.07) is 54.7. The lowest BCUT2D eigenvalue weighted by Gasteiger charge is -2.15.